The van der Waals surface area contributed by atoms with Gasteiger partial charge < -0.3 is 10.0 Å². The third-order valence-electron chi connectivity index (χ3n) is 2.31. The van der Waals surface area contributed by atoms with Crippen molar-refractivity contribution < 1.29 is 14.4 Å². The van der Waals surface area contributed by atoms with E-state index in [0.717, 1.165) is 0 Å². The van der Waals surface area contributed by atoms with E-state index in [0.29, 0.717) is 5.69 Å². The minimum atomic E-state index is -1.60. The van der Waals surface area contributed by atoms with Gasteiger partial charge in [-0.15, -0.1) is 0 Å². The predicted molar refractivity (Wildman–Crippen MR) is 58.1 cm³/mol. The Kier molecular flexibility index (Phi) is 2.76. The first-order chi connectivity index (χ1) is 7.59. The summed E-state index contributed by atoms with van der Waals surface area (Å²) in [6, 6.07) is 6.15. The van der Waals surface area contributed by atoms with Gasteiger partial charge >= 0.3 is 7.12 Å². The fourth-order valence-corrected chi connectivity index (χ4v) is 1.49. The molecule has 16 heavy (non-hydrogen) atoms. The van der Waals surface area contributed by atoms with Gasteiger partial charge in [-0.05, 0) is 19.1 Å². The SMILES string of the molecule is Cc1nn(-c2ccccc2F)cc1B(O)O. The second-order valence-corrected chi connectivity index (χ2v) is 3.44. The van der Waals surface area contributed by atoms with Gasteiger partial charge in [0.05, 0.1) is 5.69 Å². The molecule has 2 N–H and O–H groups in total. The van der Waals surface area contributed by atoms with Gasteiger partial charge in [-0.2, -0.15) is 5.10 Å². The number of para-hydroxylation sites is 1. The lowest BCUT2D eigenvalue weighted by atomic mass is 9.81. The van der Waals surface area contributed by atoms with Crippen molar-refractivity contribution in [2.24, 2.45) is 0 Å². The van der Waals surface area contributed by atoms with E-state index in [1.165, 1.54) is 16.9 Å². The minimum absolute atomic E-state index is 0.267. The predicted octanol–water partition coefficient (Wildman–Crippen LogP) is -0.000380. The first-order valence-electron chi connectivity index (χ1n) is 4.77. The van der Waals surface area contributed by atoms with Gasteiger partial charge in [-0.25, -0.2) is 9.07 Å². The van der Waals surface area contributed by atoms with Crippen LogP contribution in [0, 0.1) is 12.7 Å². The van der Waals surface area contributed by atoms with Crippen molar-refractivity contribution in [2.45, 2.75) is 6.92 Å². The summed E-state index contributed by atoms with van der Waals surface area (Å²) in [5.74, 6) is -0.413. The van der Waals surface area contributed by atoms with Crippen molar-refractivity contribution in [1.82, 2.24) is 9.78 Å². The van der Waals surface area contributed by atoms with E-state index in [4.69, 9.17) is 10.0 Å². The second-order valence-electron chi connectivity index (χ2n) is 3.44. The van der Waals surface area contributed by atoms with Crippen molar-refractivity contribution >= 4 is 12.6 Å². The van der Waals surface area contributed by atoms with Crippen LogP contribution in [0.5, 0.6) is 0 Å². The molecule has 82 valence electrons. The number of benzene rings is 1. The Bertz CT molecular complexity index is 513. The molecule has 2 rings (SSSR count). The lowest BCUT2D eigenvalue weighted by Crippen LogP contribution is -2.30. The summed E-state index contributed by atoms with van der Waals surface area (Å²) in [6.07, 6.45) is 1.40. The molecule has 2 aromatic rings. The topological polar surface area (TPSA) is 58.3 Å². The molecular formula is C10H10BFN2O2. The highest BCUT2D eigenvalue weighted by Gasteiger charge is 2.18. The van der Waals surface area contributed by atoms with Crippen LogP contribution in [-0.4, -0.2) is 26.9 Å². The number of aromatic nitrogens is 2. The monoisotopic (exact) mass is 220 g/mol. The van der Waals surface area contributed by atoms with Crippen LogP contribution in [0.4, 0.5) is 4.39 Å². The van der Waals surface area contributed by atoms with E-state index in [1.54, 1.807) is 25.1 Å². The molecule has 0 aliphatic rings. The van der Waals surface area contributed by atoms with Crippen molar-refractivity contribution in [1.29, 1.82) is 0 Å². The quantitative estimate of drug-likeness (QED) is 0.700. The summed E-state index contributed by atoms with van der Waals surface area (Å²) in [5, 5.41) is 22.1. The van der Waals surface area contributed by atoms with Crippen LogP contribution < -0.4 is 5.46 Å². The first-order valence-corrected chi connectivity index (χ1v) is 4.77. The average Bonchev–Trinajstić information content (AvgIpc) is 2.61. The van der Waals surface area contributed by atoms with Crippen LogP contribution in [0.3, 0.4) is 0 Å². The molecule has 6 heteroatoms. The largest absolute Gasteiger partial charge is 0.491 e. The smallest absolute Gasteiger partial charge is 0.423 e. The minimum Gasteiger partial charge on any atom is -0.423 e. The molecule has 1 heterocycles. The zero-order valence-corrected chi connectivity index (χ0v) is 8.63. The van der Waals surface area contributed by atoms with Gasteiger partial charge in [0.1, 0.15) is 11.5 Å². The fraction of sp³-hybridized carbons (Fsp3) is 0.100. The Labute approximate surface area is 92.1 Å². The van der Waals surface area contributed by atoms with Gasteiger partial charge in [-0.1, -0.05) is 12.1 Å². The number of aryl methyl sites for hydroxylation is 1. The molecule has 0 unspecified atom stereocenters. The van der Waals surface area contributed by atoms with Crippen molar-refractivity contribution in [2.75, 3.05) is 0 Å². The Morgan fingerprint density at radius 1 is 1.31 bits per heavy atom. The van der Waals surface area contributed by atoms with Crippen LogP contribution in [0.1, 0.15) is 5.69 Å². The van der Waals surface area contributed by atoms with Gasteiger partial charge in [0.2, 0.25) is 0 Å². The first kappa shape index (κ1) is 10.8. The van der Waals surface area contributed by atoms with Gasteiger partial charge in [0.15, 0.2) is 0 Å². The summed E-state index contributed by atoms with van der Waals surface area (Å²) >= 11 is 0. The maximum atomic E-state index is 13.4. The molecule has 1 aromatic carbocycles. The highest BCUT2D eigenvalue weighted by atomic mass is 19.1. The second kappa shape index (κ2) is 4.07. The van der Waals surface area contributed by atoms with E-state index in [1.807, 2.05) is 0 Å². The lowest BCUT2D eigenvalue weighted by Gasteiger charge is -2.01. The van der Waals surface area contributed by atoms with Gasteiger partial charge in [0.25, 0.3) is 0 Å². The number of rotatable bonds is 2. The molecule has 0 bridgehead atoms. The Hall–Kier alpha value is -1.66. The highest BCUT2D eigenvalue weighted by Crippen LogP contribution is 2.11. The molecule has 0 fully saturated rings. The lowest BCUT2D eigenvalue weighted by molar-refractivity contribution is 0.425. The summed E-state index contributed by atoms with van der Waals surface area (Å²) in [4.78, 5) is 0. The zero-order valence-electron chi connectivity index (χ0n) is 8.63. The van der Waals surface area contributed by atoms with E-state index in [9.17, 15) is 4.39 Å². The fourth-order valence-electron chi connectivity index (χ4n) is 1.49. The molecule has 0 amide bonds. The molecule has 0 saturated heterocycles. The number of hydrogen-bond donors (Lipinski definition) is 2. The molecule has 4 nitrogen and oxygen atoms in total. The summed E-state index contributed by atoms with van der Waals surface area (Å²) in [5.41, 5.74) is 0.999. The zero-order chi connectivity index (χ0) is 11.7. The molecule has 0 spiro atoms. The van der Waals surface area contributed by atoms with Gasteiger partial charge in [-0.3, -0.25) is 0 Å². The summed E-state index contributed by atoms with van der Waals surface area (Å²) in [6.45, 7) is 1.63. The van der Waals surface area contributed by atoms with Crippen LogP contribution in [0.2, 0.25) is 0 Å². The molecule has 0 radical (unpaired) electrons. The van der Waals surface area contributed by atoms with Crippen molar-refractivity contribution in [3.8, 4) is 5.69 Å². The standard InChI is InChI=1S/C10H10BFN2O2/c1-7-8(11(15)16)6-14(13-7)10-5-3-2-4-9(10)12/h2-6,15-16H,1H3. The van der Waals surface area contributed by atoms with Crippen LogP contribution in [0.15, 0.2) is 30.5 Å². The van der Waals surface area contributed by atoms with Gasteiger partial charge in [0, 0.05) is 11.7 Å². The van der Waals surface area contributed by atoms with Crippen molar-refractivity contribution in [3.05, 3.63) is 42.0 Å². The summed E-state index contributed by atoms with van der Waals surface area (Å²) < 4.78 is 14.7. The van der Waals surface area contributed by atoms with Crippen LogP contribution >= 0.6 is 0 Å². The van der Waals surface area contributed by atoms with E-state index >= 15 is 0 Å². The normalized spacial score (nSPS) is 10.5. The number of hydrogen-bond acceptors (Lipinski definition) is 3. The third kappa shape index (κ3) is 1.85. The maximum absolute atomic E-state index is 13.4. The summed E-state index contributed by atoms with van der Waals surface area (Å²) in [7, 11) is -1.60. The molecule has 0 aliphatic carbocycles. The van der Waals surface area contributed by atoms with Crippen LogP contribution in [-0.2, 0) is 0 Å². The number of halogens is 1. The highest BCUT2D eigenvalue weighted by molar-refractivity contribution is 6.59. The van der Waals surface area contributed by atoms with E-state index in [2.05, 4.69) is 5.10 Å². The molecular weight excluding hydrogens is 210 g/mol. The molecule has 0 aliphatic heterocycles. The van der Waals surface area contributed by atoms with E-state index < -0.39 is 12.9 Å². The Morgan fingerprint density at radius 3 is 2.56 bits per heavy atom. The Balaban J connectivity index is 2.50. The van der Waals surface area contributed by atoms with Crippen molar-refractivity contribution in [3.63, 3.8) is 0 Å². The maximum Gasteiger partial charge on any atom is 0.491 e. The molecule has 0 atom stereocenters. The van der Waals surface area contributed by atoms with Crippen LogP contribution in [0.25, 0.3) is 5.69 Å². The van der Waals surface area contributed by atoms with E-state index in [-0.39, 0.29) is 11.2 Å². The molecule has 1 aromatic heterocycles. The number of nitrogens with zero attached hydrogens (tertiary/aromatic N) is 2. The molecule has 0 saturated carbocycles. The average molecular weight is 220 g/mol. The third-order valence-corrected chi connectivity index (χ3v) is 2.31. The Morgan fingerprint density at radius 2 is 2.00 bits per heavy atom.